The van der Waals surface area contributed by atoms with Gasteiger partial charge in [0.15, 0.2) is 0 Å². The van der Waals surface area contributed by atoms with E-state index in [0.29, 0.717) is 25.3 Å². The molecule has 0 aliphatic rings. The van der Waals surface area contributed by atoms with Crippen molar-refractivity contribution in [3.63, 3.8) is 0 Å². The number of benzene rings is 2. The van der Waals surface area contributed by atoms with Gasteiger partial charge in [0, 0.05) is 12.6 Å². The Morgan fingerprint density at radius 3 is 2.60 bits per heavy atom. The normalized spacial score (nSPS) is 13.2. The number of aliphatic hydroxyl groups excluding tert-OH is 2. The Morgan fingerprint density at radius 1 is 1.12 bits per heavy atom. The van der Waals surface area contributed by atoms with Crippen molar-refractivity contribution in [3.8, 4) is 5.75 Å². The van der Waals surface area contributed by atoms with Crippen LogP contribution in [-0.4, -0.2) is 40.9 Å². The number of non-ortho nitro benzene ring substituents is 1. The molecule has 0 aromatic heterocycles. The van der Waals surface area contributed by atoms with Gasteiger partial charge in [0.1, 0.15) is 18.5 Å². The molecule has 2 unspecified atom stereocenters. The van der Waals surface area contributed by atoms with Gasteiger partial charge >= 0.3 is 0 Å². The molecule has 0 heterocycles. The Hall–Kier alpha value is -2.48. The SMILES string of the molecule is O=[N+]([O-])c1cccc(OCC(O)CNCCC(O)c2ccccc2)c1. The molecule has 25 heavy (non-hydrogen) atoms. The summed E-state index contributed by atoms with van der Waals surface area (Å²) in [5, 5.41) is 33.7. The van der Waals surface area contributed by atoms with Gasteiger partial charge in [-0.25, -0.2) is 0 Å². The van der Waals surface area contributed by atoms with E-state index in [1.54, 1.807) is 6.07 Å². The second-order valence-corrected chi connectivity index (χ2v) is 5.64. The summed E-state index contributed by atoms with van der Waals surface area (Å²) in [6, 6.07) is 15.2. The minimum Gasteiger partial charge on any atom is -0.491 e. The first-order valence-corrected chi connectivity index (χ1v) is 8.05. The van der Waals surface area contributed by atoms with Crippen molar-refractivity contribution >= 4 is 5.69 Å². The van der Waals surface area contributed by atoms with Gasteiger partial charge in [-0.15, -0.1) is 0 Å². The first kappa shape index (κ1) is 18.9. The van der Waals surface area contributed by atoms with Gasteiger partial charge in [-0.05, 0) is 24.6 Å². The molecule has 2 rings (SSSR count). The van der Waals surface area contributed by atoms with Crippen molar-refractivity contribution in [1.29, 1.82) is 0 Å². The molecule has 7 heteroatoms. The van der Waals surface area contributed by atoms with E-state index in [1.165, 1.54) is 18.2 Å². The Balaban J connectivity index is 1.65. The van der Waals surface area contributed by atoms with E-state index in [1.807, 2.05) is 30.3 Å². The highest BCUT2D eigenvalue weighted by Crippen LogP contribution is 2.19. The summed E-state index contributed by atoms with van der Waals surface area (Å²) in [7, 11) is 0. The third-order valence-electron chi connectivity index (χ3n) is 3.63. The number of hydrogen-bond acceptors (Lipinski definition) is 6. The topological polar surface area (TPSA) is 105 Å². The van der Waals surface area contributed by atoms with Crippen molar-refractivity contribution in [2.75, 3.05) is 19.7 Å². The zero-order chi connectivity index (χ0) is 18.1. The van der Waals surface area contributed by atoms with Crippen LogP contribution in [-0.2, 0) is 0 Å². The van der Waals surface area contributed by atoms with Gasteiger partial charge in [0.05, 0.1) is 17.1 Å². The Kier molecular flexibility index (Phi) is 7.34. The van der Waals surface area contributed by atoms with E-state index in [0.717, 1.165) is 5.56 Å². The molecule has 0 saturated carbocycles. The summed E-state index contributed by atoms with van der Waals surface area (Å²) in [6.45, 7) is 0.871. The number of nitro groups is 1. The summed E-state index contributed by atoms with van der Waals surface area (Å²) in [5.41, 5.74) is 0.805. The predicted octanol–water partition coefficient (Wildman–Crippen LogP) is 2.05. The fraction of sp³-hybridized carbons (Fsp3) is 0.333. The first-order valence-electron chi connectivity index (χ1n) is 8.05. The minimum absolute atomic E-state index is 0.0232. The smallest absolute Gasteiger partial charge is 0.273 e. The number of nitrogens with zero attached hydrogens (tertiary/aromatic N) is 1. The lowest BCUT2D eigenvalue weighted by Gasteiger charge is -2.15. The molecule has 2 aromatic rings. The highest BCUT2D eigenvalue weighted by atomic mass is 16.6. The summed E-state index contributed by atoms with van der Waals surface area (Å²) < 4.78 is 5.36. The Bertz CT molecular complexity index is 666. The second kappa shape index (κ2) is 9.73. The van der Waals surface area contributed by atoms with Crippen LogP contribution in [0.15, 0.2) is 54.6 Å². The second-order valence-electron chi connectivity index (χ2n) is 5.64. The van der Waals surface area contributed by atoms with Gasteiger partial charge < -0.3 is 20.3 Å². The van der Waals surface area contributed by atoms with Crippen LogP contribution in [0.5, 0.6) is 5.75 Å². The lowest BCUT2D eigenvalue weighted by molar-refractivity contribution is -0.384. The van der Waals surface area contributed by atoms with E-state index >= 15 is 0 Å². The van der Waals surface area contributed by atoms with Crippen LogP contribution in [0.1, 0.15) is 18.1 Å². The van der Waals surface area contributed by atoms with Crippen molar-refractivity contribution < 1.29 is 19.9 Å². The molecule has 3 N–H and O–H groups in total. The third kappa shape index (κ3) is 6.50. The zero-order valence-electron chi connectivity index (χ0n) is 13.7. The van der Waals surface area contributed by atoms with Crippen LogP contribution < -0.4 is 10.1 Å². The van der Waals surface area contributed by atoms with Crippen molar-refractivity contribution in [2.24, 2.45) is 0 Å². The Labute approximate surface area is 146 Å². The maximum atomic E-state index is 10.7. The quantitative estimate of drug-likeness (QED) is 0.345. The summed E-state index contributed by atoms with van der Waals surface area (Å²) in [6.07, 6.45) is -0.775. The number of rotatable bonds is 10. The van der Waals surface area contributed by atoms with E-state index in [-0.39, 0.29) is 12.3 Å². The summed E-state index contributed by atoms with van der Waals surface area (Å²) in [4.78, 5) is 10.2. The van der Waals surface area contributed by atoms with E-state index in [2.05, 4.69) is 5.32 Å². The molecule has 0 amide bonds. The van der Waals surface area contributed by atoms with Crippen LogP contribution in [0.2, 0.25) is 0 Å². The molecular weight excluding hydrogens is 324 g/mol. The molecule has 0 radical (unpaired) electrons. The molecule has 0 fully saturated rings. The largest absolute Gasteiger partial charge is 0.491 e. The highest BCUT2D eigenvalue weighted by Gasteiger charge is 2.10. The first-order chi connectivity index (χ1) is 12.1. The van der Waals surface area contributed by atoms with Crippen molar-refractivity contribution in [1.82, 2.24) is 5.32 Å². The average molecular weight is 346 g/mol. The highest BCUT2D eigenvalue weighted by molar-refractivity contribution is 5.37. The van der Waals surface area contributed by atoms with Gasteiger partial charge in [-0.2, -0.15) is 0 Å². The van der Waals surface area contributed by atoms with Crippen LogP contribution in [0.3, 0.4) is 0 Å². The predicted molar refractivity (Wildman–Crippen MR) is 93.5 cm³/mol. The molecule has 134 valence electrons. The van der Waals surface area contributed by atoms with Gasteiger partial charge in [-0.1, -0.05) is 36.4 Å². The summed E-state index contributed by atoms with van der Waals surface area (Å²) in [5.74, 6) is 0.341. The third-order valence-corrected chi connectivity index (χ3v) is 3.63. The fourth-order valence-corrected chi connectivity index (χ4v) is 2.29. The number of nitro benzene ring substituents is 1. The van der Waals surface area contributed by atoms with E-state index in [9.17, 15) is 20.3 Å². The molecule has 0 spiro atoms. The van der Waals surface area contributed by atoms with Gasteiger partial charge in [0.2, 0.25) is 0 Å². The lowest BCUT2D eigenvalue weighted by Crippen LogP contribution is -2.32. The summed E-state index contributed by atoms with van der Waals surface area (Å²) >= 11 is 0. The molecule has 2 aromatic carbocycles. The number of aliphatic hydroxyl groups is 2. The van der Waals surface area contributed by atoms with Crippen LogP contribution >= 0.6 is 0 Å². The van der Waals surface area contributed by atoms with Crippen LogP contribution in [0.4, 0.5) is 5.69 Å². The maximum absolute atomic E-state index is 10.7. The van der Waals surface area contributed by atoms with Crippen LogP contribution in [0, 0.1) is 10.1 Å². The monoisotopic (exact) mass is 346 g/mol. The fourth-order valence-electron chi connectivity index (χ4n) is 2.29. The van der Waals surface area contributed by atoms with Gasteiger partial charge in [-0.3, -0.25) is 10.1 Å². The minimum atomic E-state index is -0.756. The van der Waals surface area contributed by atoms with E-state index in [4.69, 9.17) is 4.74 Å². The molecule has 0 aliphatic heterocycles. The molecular formula is C18H22N2O5. The Morgan fingerprint density at radius 2 is 1.88 bits per heavy atom. The number of nitrogens with one attached hydrogen (secondary N) is 1. The molecule has 0 bridgehead atoms. The van der Waals surface area contributed by atoms with Crippen LogP contribution in [0.25, 0.3) is 0 Å². The van der Waals surface area contributed by atoms with E-state index < -0.39 is 17.1 Å². The molecule has 7 nitrogen and oxygen atoms in total. The molecule has 0 aliphatic carbocycles. The zero-order valence-corrected chi connectivity index (χ0v) is 13.7. The molecule has 2 atom stereocenters. The lowest BCUT2D eigenvalue weighted by atomic mass is 10.1. The van der Waals surface area contributed by atoms with Gasteiger partial charge in [0.25, 0.3) is 5.69 Å². The van der Waals surface area contributed by atoms with Crippen molar-refractivity contribution in [3.05, 3.63) is 70.3 Å². The standard InChI is InChI=1S/C18H22N2O5/c21-16(13-25-17-8-4-7-15(11-17)20(23)24)12-19-10-9-18(22)14-5-2-1-3-6-14/h1-8,11,16,18-19,21-22H,9-10,12-13H2. The number of hydrogen-bond donors (Lipinski definition) is 3. The van der Waals surface area contributed by atoms with Crippen molar-refractivity contribution in [2.45, 2.75) is 18.6 Å². The molecule has 0 saturated heterocycles. The maximum Gasteiger partial charge on any atom is 0.273 e. The average Bonchev–Trinajstić information content (AvgIpc) is 2.64. The number of ether oxygens (including phenoxy) is 1.